The van der Waals surface area contributed by atoms with Crippen molar-refractivity contribution >= 4 is 0 Å². The van der Waals surface area contributed by atoms with E-state index in [1.807, 2.05) is 6.07 Å². The van der Waals surface area contributed by atoms with E-state index in [4.69, 9.17) is 9.47 Å². The van der Waals surface area contributed by atoms with Crippen LogP contribution in [0.1, 0.15) is 58.9 Å². The summed E-state index contributed by atoms with van der Waals surface area (Å²) >= 11 is 0. The van der Waals surface area contributed by atoms with Crippen LogP contribution in [0.3, 0.4) is 0 Å². The van der Waals surface area contributed by atoms with Crippen molar-refractivity contribution < 1.29 is 13.9 Å². The summed E-state index contributed by atoms with van der Waals surface area (Å²) in [4.78, 5) is 0. The predicted molar refractivity (Wildman–Crippen MR) is 89.7 cm³/mol. The van der Waals surface area contributed by atoms with Crippen LogP contribution in [0.4, 0.5) is 4.39 Å². The number of hydrogen-bond acceptors (Lipinski definition) is 2. The SMILES string of the molecule is CCC[C@@H]1C[C@]2(C)O[C@@]1(C(C)C)C[C@H]2OCc1ccccc1F. The molecule has 4 atom stereocenters. The summed E-state index contributed by atoms with van der Waals surface area (Å²) < 4.78 is 26.5. The van der Waals surface area contributed by atoms with Gasteiger partial charge in [0.15, 0.2) is 0 Å². The molecule has 0 aliphatic carbocycles. The Bertz CT molecular complexity index is 558. The fraction of sp³-hybridized carbons (Fsp3) is 0.700. The van der Waals surface area contributed by atoms with Crippen molar-refractivity contribution in [3.05, 3.63) is 35.6 Å². The minimum absolute atomic E-state index is 0.0533. The summed E-state index contributed by atoms with van der Waals surface area (Å²) in [5, 5.41) is 0. The molecule has 2 aliphatic heterocycles. The third kappa shape index (κ3) is 2.83. The first-order valence-electron chi connectivity index (χ1n) is 8.96. The van der Waals surface area contributed by atoms with E-state index in [-0.39, 0.29) is 23.1 Å². The summed E-state index contributed by atoms with van der Waals surface area (Å²) in [5.41, 5.74) is 0.336. The van der Waals surface area contributed by atoms with E-state index in [0.717, 1.165) is 12.8 Å². The van der Waals surface area contributed by atoms with Crippen molar-refractivity contribution in [2.24, 2.45) is 11.8 Å². The van der Waals surface area contributed by atoms with Crippen LogP contribution in [0, 0.1) is 17.7 Å². The smallest absolute Gasteiger partial charge is 0.128 e. The Balaban J connectivity index is 1.73. The maximum absolute atomic E-state index is 13.8. The van der Waals surface area contributed by atoms with Gasteiger partial charge in [-0.2, -0.15) is 0 Å². The maximum Gasteiger partial charge on any atom is 0.128 e. The van der Waals surface area contributed by atoms with E-state index < -0.39 is 0 Å². The molecule has 1 aromatic carbocycles. The minimum Gasteiger partial charge on any atom is -0.370 e. The lowest BCUT2D eigenvalue weighted by atomic mass is 9.67. The summed E-state index contributed by atoms with van der Waals surface area (Å²) in [6.07, 6.45) is 4.45. The quantitative estimate of drug-likeness (QED) is 0.725. The van der Waals surface area contributed by atoms with E-state index in [1.54, 1.807) is 12.1 Å². The van der Waals surface area contributed by atoms with Crippen molar-refractivity contribution in [3.8, 4) is 0 Å². The molecule has 1 aromatic rings. The van der Waals surface area contributed by atoms with Gasteiger partial charge in [-0.15, -0.1) is 0 Å². The number of halogens is 1. The molecule has 2 aliphatic rings. The normalized spacial score (nSPS) is 36.1. The standard InChI is InChI=1S/C20H29FO2/c1-5-8-16-11-19(4)18(12-20(16,23-19)14(2)3)22-13-15-9-6-7-10-17(15)21/h6-7,9-10,14,16,18H,5,8,11-13H2,1-4H3/t16-,18-,19+,20-/m1/s1. The molecule has 2 heterocycles. The first-order valence-corrected chi connectivity index (χ1v) is 8.96. The molecule has 3 rings (SSSR count). The molecule has 0 amide bonds. The van der Waals surface area contributed by atoms with Gasteiger partial charge in [0.05, 0.1) is 23.9 Å². The number of rotatable bonds is 6. The number of benzene rings is 1. The molecule has 0 aromatic heterocycles. The van der Waals surface area contributed by atoms with Crippen LogP contribution in [-0.4, -0.2) is 17.3 Å². The van der Waals surface area contributed by atoms with E-state index in [1.165, 1.54) is 18.9 Å². The lowest BCUT2D eigenvalue weighted by molar-refractivity contribution is -0.100. The fourth-order valence-electron chi connectivity index (χ4n) is 4.69. The van der Waals surface area contributed by atoms with Gasteiger partial charge in [-0.05, 0) is 37.7 Å². The largest absolute Gasteiger partial charge is 0.370 e. The van der Waals surface area contributed by atoms with Gasteiger partial charge in [0, 0.05) is 12.0 Å². The van der Waals surface area contributed by atoms with Gasteiger partial charge in [-0.25, -0.2) is 4.39 Å². The van der Waals surface area contributed by atoms with Crippen molar-refractivity contribution in [2.75, 3.05) is 0 Å². The Morgan fingerprint density at radius 1 is 1.30 bits per heavy atom. The first-order chi connectivity index (χ1) is 10.9. The Morgan fingerprint density at radius 2 is 2.04 bits per heavy atom. The first kappa shape index (κ1) is 16.9. The summed E-state index contributed by atoms with van der Waals surface area (Å²) in [5.74, 6) is 0.901. The molecule has 0 saturated carbocycles. The summed E-state index contributed by atoms with van der Waals surface area (Å²) in [7, 11) is 0. The summed E-state index contributed by atoms with van der Waals surface area (Å²) in [6, 6.07) is 6.85. The topological polar surface area (TPSA) is 18.5 Å². The molecule has 2 bridgehead atoms. The van der Waals surface area contributed by atoms with Crippen molar-refractivity contribution in [2.45, 2.75) is 77.3 Å². The van der Waals surface area contributed by atoms with Crippen LogP contribution in [0.2, 0.25) is 0 Å². The third-order valence-electron chi connectivity index (χ3n) is 5.96. The van der Waals surface area contributed by atoms with Gasteiger partial charge in [0.25, 0.3) is 0 Å². The molecule has 0 N–H and O–H groups in total. The van der Waals surface area contributed by atoms with Gasteiger partial charge in [0.2, 0.25) is 0 Å². The Kier molecular flexibility index (Phi) is 4.54. The number of hydrogen-bond donors (Lipinski definition) is 0. The van der Waals surface area contributed by atoms with Gasteiger partial charge >= 0.3 is 0 Å². The van der Waals surface area contributed by atoms with E-state index >= 15 is 0 Å². The second-order valence-corrected chi connectivity index (χ2v) is 7.81. The monoisotopic (exact) mass is 320 g/mol. The van der Waals surface area contributed by atoms with Crippen LogP contribution in [0.5, 0.6) is 0 Å². The van der Waals surface area contributed by atoms with E-state index in [9.17, 15) is 4.39 Å². The lowest BCUT2D eigenvalue weighted by Gasteiger charge is -2.38. The van der Waals surface area contributed by atoms with Gasteiger partial charge in [-0.3, -0.25) is 0 Å². The number of ether oxygens (including phenoxy) is 2. The maximum atomic E-state index is 13.8. The minimum atomic E-state index is -0.227. The lowest BCUT2D eigenvalue weighted by Crippen LogP contribution is -2.44. The number of fused-ring (bicyclic) bond motifs is 2. The molecular formula is C20H29FO2. The average molecular weight is 320 g/mol. The van der Waals surface area contributed by atoms with Crippen LogP contribution < -0.4 is 0 Å². The Labute approximate surface area is 139 Å². The highest BCUT2D eigenvalue weighted by molar-refractivity contribution is 5.17. The molecule has 0 spiro atoms. The molecule has 3 heteroatoms. The molecular weight excluding hydrogens is 291 g/mol. The van der Waals surface area contributed by atoms with Crippen LogP contribution >= 0.6 is 0 Å². The summed E-state index contributed by atoms with van der Waals surface area (Å²) in [6.45, 7) is 9.26. The molecule has 0 radical (unpaired) electrons. The van der Waals surface area contributed by atoms with Crippen molar-refractivity contribution in [3.63, 3.8) is 0 Å². The van der Waals surface area contributed by atoms with Crippen molar-refractivity contribution in [1.29, 1.82) is 0 Å². The molecule has 2 saturated heterocycles. The second-order valence-electron chi connectivity index (χ2n) is 7.81. The second kappa shape index (κ2) is 6.18. The zero-order chi connectivity index (χ0) is 16.7. The van der Waals surface area contributed by atoms with Crippen molar-refractivity contribution in [1.82, 2.24) is 0 Å². The van der Waals surface area contributed by atoms with E-state index in [0.29, 0.717) is 24.0 Å². The average Bonchev–Trinajstić information content (AvgIpc) is 2.96. The molecule has 23 heavy (non-hydrogen) atoms. The molecule has 2 fully saturated rings. The fourth-order valence-corrected chi connectivity index (χ4v) is 4.69. The molecule has 0 unspecified atom stereocenters. The van der Waals surface area contributed by atoms with Gasteiger partial charge in [0.1, 0.15) is 5.82 Å². The molecule has 128 valence electrons. The highest BCUT2D eigenvalue weighted by Crippen LogP contribution is 2.59. The van der Waals surface area contributed by atoms with Crippen LogP contribution in [0.25, 0.3) is 0 Å². The highest BCUT2D eigenvalue weighted by atomic mass is 19.1. The third-order valence-corrected chi connectivity index (χ3v) is 5.96. The van der Waals surface area contributed by atoms with Crippen LogP contribution in [-0.2, 0) is 16.1 Å². The van der Waals surface area contributed by atoms with Gasteiger partial charge in [-0.1, -0.05) is 45.4 Å². The highest BCUT2D eigenvalue weighted by Gasteiger charge is 2.65. The Morgan fingerprint density at radius 3 is 2.70 bits per heavy atom. The van der Waals surface area contributed by atoms with E-state index in [2.05, 4.69) is 27.7 Å². The van der Waals surface area contributed by atoms with Crippen LogP contribution in [0.15, 0.2) is 24.3 Å². The Hall–Kier alpha value is -0.930. The zero-order valence-electron chi connectivity index (χ0n) is 14.8. The van der Waals surface area contributed by atoms with Gasteiger partial charge < -0.3 is 9.47 Å². The predicted octanol–water partition coefficient (Wildman–Crippen LogP) is 5.10. The molecule has 2 nitrogen and oxygen atoms in total. The zero-order valence-corrected chi connectivity index (χ0v) is 14.8.